The number of carbonyl (C=O) groups excluding carboxylic acids is 1. The van der Waals surface area contributed by atoms with Crippen LogP contribution in [0.2, 0.25) is 10.0 Å². The van der Waals surface area contributed by atoms with E-state index in [-0.39, 0.29) is 18.0 Å². The maximum atomic E-state index is 12.8. The fraction of sp³-hybridized carbons (Fsp3) is 0.278. The first-order valence-electron chi connectivity index (χ1n) is 8.20. The second-order valence-corrected chi connectivity index (χ2v) is 8.40. The highest BCUT2D eigenvalue weighted by molar-refractivity contribution is 7.89. The molecule has 2 aromatic carbocycles. The van der Waals surface area contributed by atoms with E-state index in [0.29, 0.717) is 27.2 Å². The first-order valence-corrected chi connectivity index (χ1v) is 10.4. The molecular formula is C18H20Cl2N2O5S. The molecule has 0 unspecified atom stereocenters. The number of amides is 1. The minimum atomic E-state index is -3.85. The van der Waals surface area contributed by atoms with Crippen LogP contribution in [0.25, 0.3) is 0 Å². The van der Waals surface area contributed by atoms with Crippen LogP contribution < -0.4 is 14.8 Å². The summed E-state index contributed by atoms with van der Waals surface area (Å²) in [5.41, 5.74) is 0.314. The summed E-state index contributed by atoms with van der Waals surface area (Å²) < 4.78 is 36.9. The van der Waals surface area contributed by atoms with Gasteiger partial charge >= 0.3 is 0 Å². The molecule has 0 aromatic heterocycles. The summed E-state index contributed by atoms with van der Waals surface area (Å²) in [6, 6.07) is 8.75. The molecule has 0 saturated heterocycles. The van der Waals surface area contributed by atoms with E-state index in [9.17, 15) is 13.2 Å². The topological polar surface area (TPSA) is 84.9 Å². The van der Waals surface area contributed by atoms with Gasteiger partial charge in [0.2, 0.25) is 15.9 Å². The maximum absolute atomic E-state index is 12.8. The molecule has 0 atom stereocenters. The van der Waals surface area contributed by atoms with E-state index in [1.54, 1.807) is 6.92 Å². The Bertz CT molecular complexity index is 949. The normalized spacial score (nSPS) is 11.4. The van der Waals surface area contributed by atoms with Gasteiger partial charge in [0.25, 0.3) is 0 Å². The predicted octanol–water partition coefficient (Wildman–Crippen LogP) is 3.66. The van der Waals surface area contributed by atoms with Gasteiger partial charge in [0.15, 0.2) is 0 Å². The zero-order chi connectivity index (χ0) is 20.9. The van der Waals surface area contributed by atoms with E-state index in [1.165, 1.54) is 50.6 Å². The maximum Gasteiger partial charge on any atom is 0.243 e. The van der Waals surface area contributed by atoms with Crippen LogP contribution in [0.1, 0.15) is 6.92 Å². The number of methoxy groups -OCH3 is 2. The number of ether oxygens (including phenoxy) is 2. The number of nitrogens with zero attached hydrogens (tertiary/aromatic N) is 1. The molecule has 0 saturated carbocycles. The van der Waals surface area contributed by atoms with Gasteiger partial charge in [-0.25, -0.2) is 8.42 Å². The number of carbonyl (C=O) groups is 1. The molecule has 152 valence electrons. The van der Waals surface area contributed by atoms with Crippen molar-refractivity contribution in [2.45, 2.75) is 11.8 Å². The Labute approximate surface area is 174 Å². The number of nitrogens with one attached hydrogen (secondary N) is 1. The number of sulfonamides is 1. The molecule has 7 nitrogen and oxygen atoms in total. The number of halogens is 2. The van der Waals surface area contributed by atoms with Crippen molar-refractivity contribution in [2.24, 2.45) is 0 Å². The Morgan fingerprint density at radius 3 is 2.21 bits per heavy atom. The van der Waals surface area contributed by atoms with Crippen LogP contribution in [-0.4, -0.2) is 45.9 Å². The highest BCUT2D eigenvalue weighted by atomic mass is 35.5. The summed E-state index contributed by atoms with van der Waals surface area (Å²) in [6.45, 7) is 1.38. The fourth-order valence-electron chi connectivity index (χ4n) is 2.43. The third-order valence-corrected chi connectivity index (χ3v) is 6.35. The molecule has 0 aliphatic carbocycles. The summed E-state index contributed by atoms with van der Waals surface area (Å²) >= 11 is 11.9. The summed E-state index contributed by atoms with van der Waals surface area (Å²) in [7, 11) is -0.985. The van der Waals surface area contributed by atoms with Gasteiger partial charge < -0.3 is 14.8 Å². The molecule has 10 heteroatoms. The average Bonchev–Trinajstić information content (AvgIpc) is 2.67. The quantitative estimate of drug-likeness (QED) is 0.668. The minimum absolute atomic E-state index is 0.0530. The average molecular weight is 447 g/mol. The number of likely N-dealkylation sites (N-methyl/N-ethyl adjacent to an activating group) is 1. The Morgan fingerprint density at radius 2 is 1.68 bits per heavy atom. The van der Waals surface area contributed by atoms with Crippen molar-refractivity contribution in [1.29, 1.82) is 0 Å². The Kier molecular flexibility index (Phi) is 7.54. The second kappa shape index (κ2) is 9.47. The van der Waals surface area contributed by atoms with Crippen LogP contribution >= 0.6 is 23.2 Å². The highest BCUT2D eigenvalue weighted by Crippen LogP contribution is 2.35. The Morgan fingerprint density at radius 1 is 1.07 bits per heavy atom. The SMILES string of the molecule is CCN(CC(=O)Nc1cc(OC)c(Cl)cc1OC)S(=O)(=O)c1ccc(Cl)cc1. The van der Waals surface area contributed by atoms with Gasteiger partial charge in [0, 0.05) is 23.7 Å². The van der Waals surface area contributed by atoms with Gasteiger partial charge in [-0.15, -0.1) is 0 Å². The standard InChI is InChI=1S/C18H20Cl2N2O5S/c1-4-22(28(24,25)13-7-5-12(19)6-8-13)11-18(23)21-15-10-16(26-2)14(20)9-17(15)27-3/h5-10H,4,11H2,1-3H3,(H,21,23). The van der Waals surface area contributed by atoms with Crippen molar-refractivity contribution in [3.05, 3.63) is 46.4 Å². The van der Waals surface area contributed by atoms with Gasteiger partial charge in [0.1, 0.15) is 11.5 Å². The molecule has 2 rings (SSSR count). The van der Waals surface area contributed by atoms with Crippen molar-refractivity contribution < 1.29 is 22.7 Å². The van der Waals surface area contributed by atoms with Crippen LogP contribution in [-0.2, 0) is 14.8 Å². The van der Waals surface area contributed by atoms with Crippen molar-refractivity contribution >= 4 is 44.8 Å². The Balaban J connectivity index is 2.22. The molecule has 0 spiro atoms. The summed E-state index contributed by atoms with van der Waals surface area (Å²) in [6.07, 6.45) is 0. The summed E-state index contributed by atoms with van der Waals surface area (Å²) in [5.74, 6) is 0.128. The predicted molar refractivity (Wildman–Crippen MR) is 109 cm³/mol. The number of anilines is 1. The lowest BCUT2D eigenvalue weighted by Gasteiger charge is -2.20. The highest BCUT2D eigenvalue weighted by Gasteiger charge is 2.25. The summed E-state index contributed by atoms with van der Waals surface area (Å²) in [5, 5.41) is 3.37. The van der Waals surface area contributed by atoms with E-state index >= 15 is 0 Å². The molecule has 2 aromatic rings. The van der Waals surface area contributed by atoms with Gasteiger partial charge in [-0.2, -0.15) is 4.31 Å². The molecule has 0 fully saturated rings. The van der Waals surface area contributed by atoms with Crippen LogP contribution in [0, 0.1) is 0 Å². The van der Waals surface area contributed by atoms with E-state index in [4.69, 9.17) is 32.7 Å². The molecule has 1 amide bonds. The molecule has 28 heavy (non-hydrogen) atoms. The zero-order valence-corrected chi connectivity index (χ0v) is 17.9. The minimum Gasteiger partial charge on any atom is -0.495 e. The number of benzene rings is 2. The van der Waals surface area contributed by atoms with Crippen molar-refractivity contribution in [1.82, 2.24) is 4.31 Å². The van der Waals surface area contributed by atoms with Gasteiger partial charge in [0.05, 0.1) is 36.4 Å². The monoisotopic (exact) mass is 446 g/mol. The van der Waals surface area contributed by atoms with E-state index in [2.05, 4.69) is 5.32 Å². The van der Waals surface area contributed by atoms with Crippen LogP contribution in [0.4, 0.5) is 5.69 Å². The molecule has 0 radical (unpaired) electrons. The number of rotatable bonds is 8. The fourth-order valence-corrected chi connectivity index (χ4v) is 4.19. The third-order valence-electron chi connectivity index (χ3n) is 3.87. The Hall–Kier alpha value is -2.00. The largest absolute Gasteiger partial charge is 0.495 e. The smallest absolute Gasteiger partial charge is 0.243 e. The second-order valence-electron chi connectivity index (χ2n) is 5.62. The van der Waals surface area contributed by atoms with Gasteiger partial charge in [-0.05, 0) is 24.3 Å². The van der Waals surface area contributed by atoms with Crippen molar-refractivity contribution in [3.63, 3.8) is 0 Å². The van der Waals surface area contributed by atoms with E-state index in [0.717, 1.165) is 4.31 Å². The first-order chi connectivity index (χ1) is 13.2. The van der Waals surface area contributed by atoms with E-state index in [1.807, 2.05) is 0 Å². The molecule has 0 heterocycles. The molecule has 0 aliphatic heterocycles. The zero-order valence-electron chi connectivity index (χ0n) is 15.5. The van der Waals surface area contributed by atoms with Crippen LogP contribution in [0.3, 0.4) is 0 Å². The van der Waals surface area contributed by atoms with Crippen LogP contribution in [0.15, 0.2) is 41.3 Å². The lowest BCUT2D eigenvalue weighted by Crippen LogP contribution is -2.37. The first kappa shape index (κ1) is 22.3. The number of hydrogen-bond donors (Lipinski definition) is 1. The van der Waals surface area contributed by atoms with Crippen molar-refractivity contribution in [3.8, 4) is 11.5 Å². The molecule has 0 bridgehead atoms. The number of hydrogen-bond acceptors (Lipinski definition) is 5. The summed E-state index contributed by atoms with van der Waals surface area (Å²) in [4.78, 5) is 12.6. The van der Waals surface area contributed by atoms with Crippen molar-refractivity contribution in [2.75, 3.05) is 32.6 Å². The lowest BCUT2D eigenvalue weighted by molar-refractivity contribution is -0.116. The molecule has 0 aliphatic rings. The molecular weight excluding hydrogens is 427 g/mol. The molecule has 1 N–H and O–H groups in total. The lowest BCUT2D eigenvalue weighted by atomic mass is 10.2. The van der Waals surface area contributed by atoms with Gasteiger partial charge in [-0.1, -0.05) is 30.1 Å². The third kappa shape index (κ3) is 5.08. The van der Waals surface area contributed by atoms with E-state index < -0.39 is 15.9 Å². The van der Waals surface area contributed by atoms with Crippen LogP contribution in [0.5, 0.6) is 11.5 Å². The van der Waals surface area contributed by atoms with Gasteiger partial charge in [-0.3, -0.25) is 4.79 Å².